The number of aromatic amines is 1. The molecule has 0 aliphatic carbocycles. The number of carbonyl (C=O) groups is 1. The predicted molar refractivity (Wildman–Crippen MR) is 66.7 cm³/mol. The Hall–Kier alpha value is -1.96. The Balaban J connectivity index is 2.00. The number of amides is 1. The van der Waals surface area contributed by atoms with E-state index in [9.17, 15) is 13.6 Å². The van der Waals surface area contributed by atoms with Crippen LogP contribution in [0.15, 0.2) is 29.7 Å². The van der Waals surface area contributed by atoms with Gasteiger partial charge in [-0.2, -0.15) is 5.10 Å². The number of aromatic nitrogens is 3. The van der Waals surface area contributed by atoms with Crippen molar-refractivity contribution in [1.29, 1.82) is 0 Å². The third-order valence-corrected chi connectivity index (χ3v) is 3.23. The number of rotatable bonds is 4. The Kier molecular flexibility index (Phi) is 4.10. The standard InChI is InChI=1S/C11H10F2N4OS/c1-6(19-11-14-5-15-17-11)10(18)16-9-3-2-7(12)4-8(9)13/h2-6H,1H3,(H,16,18)(H,14,15,17)/t6-/m1/s1. The van der Waals surface area contributed by atoms with Crippen molar-refractivity contribution in [3.05, 3.63) is 36.2 Å². The molecule has 0 unspecified atom stereocenters. The maximum atomic E-state index is 13.4. The fraction of sp³-hybridized carbons (Fsp3) is 0.182. The van der Waals surface area contributed by atoms with Gasteiger partial charge in [0, 0.05) is 6.07 Å². The molecule has 1 aromatic carbocycles. The monoisotopic (exact) mass is 284 g/mol. The van der Waals surface area contributed by atoms with Crippen LogP contribution >= 0.6 is 11.8 Å². The van der Waals surface area contributed by atoms with E-state index in [0.717, 1.165) is 17.8 Å². The van der Waals surface area contributed by atoms with Crippen molar-refractivity contribution in [2.75, 3.05) is 5.32 Å². The molecule has 100 valence electrons. The molecule has 1 amide bonds. The summed E-state index contributed by atoms with van der Waals surface area (Å²) in [4.78, 5) is 15.7. The minimum Gasteiger partial charge on any atom is -0.323 e. The second-order valence-corrected chi connectivity index (χ2v) is 4.99. The first-order valence-electron chi connectivity index (χ1n) is 5.34. The zero-order chi connectivity index (χ0) is 13.8. The molecule has 0 saturated heterocycles. The lowest BCUT2D eigenvalue weighted by Gasteiger charge is -2.10. The minimum absolute atomic E-state index is 0.0589. The van der Waals surface area contributed by atoms with Crippen LogP contribution in [0.5, 0.6) is 0 Å². The second-order valence-electron chi connectivity index (χ2n) is 3.66. The van der Waals surface area contributed by atoms with Crippen LogP contribution in [-0.4, -0.2) is 26.3 Å². The third-order valence-electron chi connectivity index (χ3n) is 2.24. The van der Waals surface area contributed by atoms with Crippen molar-refractivity contribution in [3.8, 4) is 0 Å². The summed E-state index contributed by atoms with van der Waals surface area (Å²) in [5.41, 5.74) is -0.0589. The van der Waals surface area contributed by atoms with Crippen LogP contribution in [0.1, 0.15) is 6.92 Å². The van der Waals surface area contributed by atoms with Crippen LogP contribution in [0.3, 0.4) is 0 Å². The summed E-state index contributed by atoms with van der Waals surface area (Å²) in [6, 6.07) is 2.96. The van der Waals surface area contributed by atoms with Crippen molar-refractivity contribution < 1.29 is 13.6 Å². The summed E-state index contributed by atoms with van der Waals surface area (Å²) in [7, 11) is 0. The molecule has 1 atom stereocenters. The van der Waals surface area contributed by atoms with Crippen LogP contribution in [0, 0.1) is 11.6 Å². The number of benzene rings is 1. The highest BCUT2D eigenvalue weighted by atomic mass is 32.2. The van der Waals surface area contributed by atoms with Gasteiger partial charge in [-0.05, 0) is 19.1 Å². The number of nitrogens with one attached hydrogen (secondary N) is 2. The van der Waals surface area contributed by atoms with Crippen LogP contribution in [-0.2, 0) is 4.79 Å². The lowest BCUT2D eigenvalue weighted by atomic mass is 10.3. The van der Waals surface area contributed by atoms with E-state index < -0.39 is 22.8 Å². The molecule has 1 aromatic heterocycles. The van der Waals surface area contributed by atoms with Gasteiger partial charge in [0.15, 0.2) is 5.16 Å². The molecule has 0 aliphatic heterocycles. The first-order chi connectivity index (χ1) is 9.06. The van der Waals surface area contributed by atoms with E-state index in [1.807, 2.05) is 0 Å². The maximum Gasteiger partial charge on any atom is 0.237 e. The fourth-order valence-electron chi connectivity index (χ4n) is 1.30. The van der Waals surface area contributed by atoms with E-state index in [-0.39, 0.29) is 5.69 Å². The Morgan fingerprint density at radius 2 is 2.26 bits per heavy atom. The molecular formula is C11H10F2N4OS. The van der Waals surface area contributed by atoms with Gasteiger partial charge in [0.2, 0.25) is 5.91 Å². The molecule has 0 saturated carbocycles. The van der Waals surface area contributed by atoms with Crippen molar-refractivity contribution in [3.63, 3.8) is 0 Å². The number of carbonyl (C=O) groups excluding carboxylic acids is 1. The first kappa shape index (κ1) is 13.5. The topological polar surface area (TPSA) is 70.7 Å². The average Bonchev–Trinajstić information content (AvgIpc) is 2.85. The molecule has 2 N–H and O–H groups in total. The van der Waals surface area contributed by atoms with Gasteiger partial charge in [-0.25, -0.2) is 13.8 Å². The van der Waals surface area contributed by atoms with Crippen LogP contribution in [0.4, 0.5) is 14.5 Å². The quantitative estimate of drug-likeness (QED) is 0.844. The van der Waals surface area contributed by atoms with Crippen molar-refractivity contribution in [2.45, 2.75) is 17.3 Å². The summed E-state index contributed by atoms with van der Waals surface area (Å²) in [5.74, 6) is -1.92. The molecule has 1 heterocycles. The van der Waals surface area contributed by atoms with Crippen LogP contribution < -0.4 is 5.32 Å². The molecule has 8 heteroatoms. The lowest BCUT2D eigenvalue weighted by molar-refractivity contribution is -0.115. The van der Waals surface area contributed by atoms with Gasteiger partial charge in [-0.15, -0.1) is 0 Å². The molecule has 0 bridgehead atoms. The summed E-state index contributed by atoms with van der Waals surface area (Å²) >= 11 is 1.15. The molecular weight excluding hydrogens is 274 g/mol. The molecule has 0 spiro atoms. The zero-order valence-electron chi connectivity index (χ0n) is 9.85. The van der Waals surface area contributed by atoms with Gasteiger partial charge in [-0.1, -0.05) is 11.8 Å². The first-order valence-corrected chi connectivity index (χ1v) is 6.22. The molecule has 2 rings (SSSR count). The maximum absolute atomic E-state index is 13.4. The zero-order valence-corrected chi connectivity index (χ0v) is 10.7. The van der Waals surface area contributed by atoms with Gasteiger partial charge in [-0.3, -0.25) is 9.89 Å². The van der Waals surface area contributed by atoms with Gasteiger partial charge in [0.05, 0.1) is 10.9 Å². The number of H-pyrrole nitrogens is 1. The smallest absolute Gasteiger partial charge is 0.237 e. The second kappa shape index (κ2) is 5.79. The normalized spacial score (nSPS) is 12.2. The highest BCUT2D eigenvalue weighted by Gasteiger charge is 2.17. The van der Waals surface area contributed by atoms with E-state index in [1.165, 1.54) is 12.4 Å². The average molecular weight is 284 g/mol. The number of thioether (sulfide) groups is 1. The Morgan fingerprint density at radius 1 is 1.47 bits per heavy atom. The largest absolute Gasteiger partial charge is 0.323 e. The molecule has 0 aliphatic rings. The van der Waals surface area contributed by atoms with Gasteiger partial charge in [0.1, 0.15) is 18.0 Å². The van der Waals surface area contributed by atoms with E-state index in [1.54, 1.807) is 6.92 Å². The Bertz CT molecular complexity index is 576. The predicted octanol–water partition coefficient (Wildman–Crippen LogP) is 2.20. The summed E-state index contributed by atoms with van der Waals surface area (Å²) in [6.07, 6.45) is 1.33. The molecule has 2 aromatic rings. The lowest BCUT2D eigenvalue weighted by Crippen LogP contribution is -2.23. The molecule has 5 nitrogen and oxygen atoms in total. The van der Waals surface area contributed by atoms with Gasteiger partial charge in [0.25, 0.3) is 0 Å². The van der Waals surface area contributed by atoms with Crippen molar-refractivity contribution in [1.82, 2.24) is 15.2 Å². The SMILES string of the molecule is C[C@@H](Sc1ncn[nH]1)C(=O)Nc1ccc(F)cc1F. The highest BCUT2D eigenvalue weighted by Crippen LogP contribution is 2.21. The van der Waals surface area contributed by atoms with Crippen molar-refractivity contribution in [2.24, 2.45) is 0 Å². The molecule has 0 fully saturated rings. The number of halogens is 2. The molecule has 0 radical (unpaired) electrons. The highest BCUT2D eigenvalue weighted by molar-refractivity contribution is 8.00. The number of nitrogens with zero attached hydrogens (tertiary/aromatic N) is 2. The summed E-state index contributed by atoms with van der Waals surface area (Å²) in [6.45, 7) is 1.64. The number of anilines is 1. The number of hydrogen-bond donors (Lipinski definition) is 2. The van der Waals surface area contributed by atoms with Gasteiger partial charge >= 0.3 is 0 Å². The Labute approximate surface area is 111 Å². The third kappa shape index (κ3) is 3.50. The van der Waals surface area contributed by atoms with Crippen LogP contribution in [0.25, 0.3) is 0 Å². The Morgan fingerprint density at radius 3 is 2.89 bits per heavy atom. The van der Waals surface area contributed by atoms with E-state index >= 15 is 0 Å². The fourth-order valence-corrected chi connectivity index (χ4v) is 2.01. The summed E-state index contributed by atoms with van der Waals surface area (Å²) < 4.78 is 26.1. The molecule has 19 heavy (non-hydrogen) atoms. The van der Waals surface area contributed by atoms with Crippen LogP contribution in [0.2, 0.25) is 0 Å². The van der Waals surface area contributed by atoms with Crippen molar-refractivity contribution >= 4 is 23.4 Å². The van der Waals surface area contributed by atoms with E-state index in [2.05, 4.69) is 20.5 Å². The van der Waals surface area contributed by atoms with Gasteiger partial charge < -0.3 is 5.32 Å². The van der Waals surface area contributed by atoms with E-state index in [4.69, 9.17) is 0 Å². The minimum atomic E-state index is -0.815. The van der Waals surface area contributed by atoms with E-state index in [0.29, 0.717) is 11.2 Å². The number of hydrogen-bond acceptors (Lipinski definition) is 4. The summed E-state index contributed by atoms with van der Waals surface area (Å²) in [5, 5.41) is 8.63.